The van der Waals surface area contributed by atoms with Crippen LogP contribution >= 0.6 is 15.9 Å². The smallest absolute Gasteiger partial charge is 0.162 e. The zero-order valence-electron chi connectivity index (χ0n) is 13.5. The Labute approximate surface area is 144 Å². The van der Waals surface area contributed by atoms with Crippen molar-refractivity contribution in [1.29, 1.82) is 0 Å². The van der Waals surface area contributed by atoms with Crippen molar-refractivity contribution in [2.24, 2.45) is 0 Å². The predicted molar refractivity (Wildman–Crippen MR) is 94.8 cm³/mol. The summed E-state index contributed by atoms with van der Waals surface area (Å²) in [4.78, 5) is 0. The van der Waals surface area contributed by atoms with Crippen LogP contribution in [0.2, 0.25) is 0 Å². The first-order chi connectivity index (χ1) is 11.0. The number of nitrogens with one attached hydrogen (secondary N) is 1. The predicted octanol–water partition coefficient (Wildman–Crippen LogP) is 5.39. The summed E-state index contributed by atoms with van der Waals surface area (Å²) in [6.45, 7) is 7.06. The molecule has 2 aromatic carbocycles. The molecule has 0 aliphatic carbocycles. The van der Waals surface area contributed by atoms with Crippen LogP contribution in [-0.2, 0) is 6.54 Å². The van der Waals surface area contributed by atoms with Gasteiger partial charge >= 0.3 is 0 Å². The summed E-state index contributed by atoms with van der Waals surface area (Å²) < 4.78 is 25.3. The van der Waals surface area contributed by atoms with Crippen LogP contribution < -0.4 is 14.8 Å². The largest absolute Gasteiger partial charge is 0.490 e. The van der Waals surface area contributed by atoms with Gasteiger partial charge in [-0.1, -0.05) is 15.9 Å². The molecule has 2 aromatic rings. The van der Waals surface area contributed by atoms with Crippen molar-refractivity contribution in [3.05, 3.63) is 52.3 Å². The molecule has 0 aromatic heterocycles. The Morgan fingerprint density at radius 2 is 1.83 bits per heavy atom. The van der Waals surface area contributed by atoms with Gasteiger partial charge in [0.05, 0.1) is 12.7 Å². The normalized spacial score (nSPS) is 10.7. The monoisotopic (exact) mass is 381 g/mol. The van der Waals surface area contributed by atoms with Crippen molar-refractivity contribution in [3.63, 3.8) is 0 Å². The third-order valence-corrected chi connectivity index (χ3v) is 3.84. The first-order valence-electron chi connectivity index (χ1n) is 7.61. The highest BCUT2D eigenvalue weighted by Crippen LogP contribution is 2.34. The fourth-order valence-corrected chi connectivity index (χ4v) is 2.55. The fraction of sp³-hybridized carbons (Fsp3) is 0.333. The van der Waals surface area contributed by atoms with Gasteiger partial charge < -0.3 is 14.8 Å². The highest BCUT2D eigenvalue weighted by atomic mass is 79.9. The highest BCUT2D eigenvalue weighted by molar-refractivity contribution is 9.10. The molecule has 0 spiro atoms. The summed E-state index contributed by atoms with van der Waals surface area (Å²) in [5.41, 5.74) is 1.90. The molecule has 124 valence electrons. The van der Waals surface area contributed by atoms with Crippen LogP contribution in [0, 0.1) is 5.82 Å². The van der Waals surface area contributed by atoms with Gasteiger partial charge in [0, 0.05) is 16.7 Å². The second kappa shape index (κ2) is 8.20. The number of benzene rings is 2. The Morgan fingerprint density at radius 3 is 2.43 bits per heavy atom. The Morgan fingerprint density at radius 1 is 1.13 bits per heavy atom. The molecule has 0 aliphatic rings. The number of ether oxygens (including phenoxy) is 2. The molecule has 0 bridgehead atoms. The minimum absolute atomic E-state index is 0.0734. The highest BCUT2D eigenvalue weighted by Gasteiger charge is 2.12. The maximum atomic E-state index is 12.9. The van der Waals surface area contributed by atoms with Gasteiger partial charge in [-0.25, -0.2) is 4.39 Å². The van der Waals surface area contributed by atoms with Gasteiger partial charge in [-0.15, -0.1) is 0 Å². The van der Waals surface area contributed by atoms with Gasteiger partial charge in [-0.05, 0) is 62.7 Å². The van der Waals surface area contributed by atoms with Crippen molar-refractivity contribution in [2.75, 3.05) is 11.9 Å². The Kier molecular flexibility index (Phi) is 6.28. The molecule has 0 heterocycles. The first-order valence-corrected chi connectivity index (χ1v) is 8.40. The van der Waals surface area contributed by atoms with E-state index in [0.717, 1.165) is 27.2 Å². The molecule has 5 heteroatoms. The molecule has 0 atom stereocenters. The van der Waals surface area contributed by atoms with E-state index in [1.54, 1.807) is 12.1 Å². The zero-order chi connectivity index (χ0) is 16.8. The van der Waals surface area contributed by atoms with Crippen LogP contribution in [0.25, 0.3) is 0 Å². The molecule has 0 saturated carbocycles. The van der Waals surface area contributed by atoms with Crippen LogP contribution in [0.5, 0.6) is 11.5 Å². The number of anilines is 1. The van der Waals surface area contributed by atoms with E-state index in [4.69, 9.17) is 9.47 Å². The average molecular weight is 382 g/mol. The second-order valence-electron chi connectivity index (χ2n) is 5.35. The van der Waals surface area contributed by atoms with E-state index in [1.165, 1.54) is 12.1 Å². The van der Waals surface area contributed by atoms with Gasteiger partial charge in [-0.2, -0.15) is 0 Å². The quantitative estimate of drug-likeness (QED) is 0.697. The molecule has 0 unspecified atom stereocenters. The summed E-state index contributed by atoms with van der Waals surface area (Å²) in [6.07, 6.45) is 0.0734. The Bertz CT molecular complexity index is 644. The van der Waals surface area contributed by atoms with Gasteiger partial charge in [0.2, 0.25) is 0 Å². The number of hydrogen-bond acceptors (Lipinski definition) is 3. The molecular weight excluding hydrogens is 361 g/mol. The molecule has 1 N–H and O–H groups in total. The molecule has 3 nitrogen and oxygen atoms in total. The van der Waals surface area contributed by atoms with E-state index in [2.05, 4.69) is 21.2 Å². The zero-order valence-corrected chi connectivity index (χ0v) is 15.1. The third-order valence-electron chi connectivity index (χ3n) is 3.10. The SMILES string of the molecule is CCOc1cc(CNc2ccc(F)cc2)c(Br)cc1OC(C)C. The second-order valence-corrected chi connectivity index (χ2v) is 6.20. The molecule has 0 amide bonds. The number of hydrogen-bond donors (Lipinski definition) is 1. The van der Waals surface area contributed by atoms with Crippen LogP contribution in [0.3, 0.4) is 0 Å². The van der Waals surface area contributed by atoms with E-state index in [-0.39, 0.29) is 11.9 Å². The van der Waals surface area contributed by atoms with Crippen molar-refractivity contribution in [3.8, 4) is 11.5 Å². The van der Waals surface area contributed by atoms with E-state index in [9.17, 15) is 4.39 Å². The first kappa shape index (κ1) is 17.6. The maximum Gasteiger partial charge on any atom is 0.162 e. The Hall–Kier alpha value is -1.75. The summed E-state index contributed by atoms with van der Waals surface area (Å²) in [5.74, 6) is 1.20. The summed E-state index contributed by atoms with van der Waals surface area (Å²) in [5, 5.41) is 3.27. The average Bonchev–Trinajstić information content (AvgIpc) is 2.50. The van der Waals surface area contributed by atoms with Gasteiger partial charge in [0.25, 0.3) is 0 Å². The molecule has 0 fully saturated rings. The van der Waals surface area contributed by atoms with E-state index in [0.29, 0.717) is 13.2 Å². The standard InChI is InChI=1S/C18H21BrFNO2/c1-4-22-17-9-13(16(19)10-18(17)23-12(2)3)11-21-15-7-5-14(20)6-8-15/h5-10,12,21H,4,11H2,1-3H3. The summed E-state index contributed by atoms with van der Waals surface area (Å²) in [6, 6.07) is 10.2. The van der Waals surface area contributed by atoms with Crippen molar-refractivity contribution in [2.45, 2.75) is 33.4 Å². The van der Waals surface area contributed by atoms with E-state index in [1.807, 2.05) is 32.9 Å². The van der Waals surface area contributed by atoms with E-state index < -0.39 is 0 Å². The number of halogens is 2. The molecule has 0 radical (unpaired) electrons. The summed E-state index contributed by atoms with van der Waals surface area (Å²) in [7, 11) is 0. The van der Waals surface area contributed by atoms with Gasteiger partial charge in [0.1, 0.15) is 5.82 Å². The lowest BCUT2D eigenvalue weighted by atomic mass is 10.2. The lowest BCUT2D eigenvalue weighted by Crippen LogP contribution is -2.08. The lowest BCUT2D eigenvalue weighted by molar-refractivity contribution is 0.223. The number of rotatable bonds is 7. The molecule has 0 aliphatic heterocycles. The minimum Gasteiger partial charge on any atom is -0.490 e. The van der Waals surface area contributed by atoms with Crippen LogP contribution in [0.15, 0.2) is 40.9 Å². The third kappa shape index (κ3) is 5.13. The van der Waals surface area contributed by atoms with Crippen LogP contribution in [0.4, 0.5) is 10.1 Å². The van der Waals surface area contributed by atoms with Gasteiger partial charge in [-0.3, -0.25) is 0 Å². The van der Waals surface area contributed by atoms with Crippen LogP contribution in [-0.4, -0.2) is 12.7 Å². The van der Waals surface area contributed by atoms with Gasteiger partial charge in [0.15, 0.2) is 11.5 Å². The fourth-order valence-electron chi connectivity index (χ4n) is 2.09. The minimum atomic E-state index is -0.245. The van der Waals surface area contributed by atoms with Crippen molar-refractivity contribution in [1.82, 2.24) is 0 Å². The topological polar surface area (TPSA) is 30.5 Å². The molecule has 23 heavy (non-hydrogen) atoms. The molecule has 0 saturated heterocycles. The molecule has 2 rings (SSSR count). The molecular formula is C18H21BrFNO2. The van der Waals surface area contributed by atoms with Crippen LogP contribution in [0.1, 0.15) is 26.3 Å². The Balaban J connectivity index is 2.17. The lowest BCUT2D eigenvalue weighted by Gasteiger charge is -2.17. The summed E-state index contributed by atoms with van der Waals surface area (Å²) >= 11 is 3.57. The maximum absolute atomic E-state index is 12.9. The van der Waals surface area contributed by atoms with E-state index >= 15 is 0 Å². The van der Waals surface area contributed by atoms with Crippen molar-refractivity contribution >= 4 is 21.6 Å². The van der Waals surface area contributed by atoms with Crippen molar-refractivity contribution < 1.29 is 13.9 Å².